The zero-order valence-electron chi connectivity index (χ0n) is 11.9. The van der Waals surface area contributed by atoms with Gasteiger partial charge in [0.1, 0.15) is 0 Å². The highest BCUT2D eigenvalue weighted by atomic mass is 15.5. The Balaban J connectivity index is 1.98. The van der Waals surface area contributed by atoms with E-state index in [1.807, 2.05) is 0 Å². The first kappa shape index (κ1) is 13.8. The van der Waals surface area contributed by atoms with Gasteiger partial charge in [0, 0.05) is 18.1 Å². The Hall–Kier alpha value is -0.590. The van der Waals surface area contributed by atoms with E-state index in [9.17, 15) is 5.26 Å². The largest absolute Gasteiger partial charge is 0.250 e. The van der Waals surface area contributed by atoms with Gasteiger partial charge < -0.3 is 0 Å². The van der Waals surface area contributed by atoms with Gasteiger partial charge in [-0.2, -0.15) is 5.26 Å². The zero-order valence-corrected chi connectivity index (χ0v) is 11.9. The van der Waals surface area contributed by atoms with Gasteiger partial charge in [-0.05, 0) is 39.5 Å². The first-order chi connectivity index (χ1) is 8.72. The highest BCUT2D eigenvalue weighted by Crippen LogP contribution is 2.26. The van der Waals surface area contributed by atoms with Gasteiger partial charge in [0.2, 0.25) is 0 Å². The molecule has 4 atom stereocenters. The van der Waals surface area contributed by atoms with Gasteiger partial charge >= 0.3 is 0 Å². The van der Waals surface area contributed by atoms with Gasteiger partial charge in [0.15, 0.2) is 0 Å². The summed E-state index contributed by atoms with van der Waals surface area (Å²) in [7, 11) is 0. The van der Waals surface area contributed by atoms with Crippen LogP contribution in [0.1, 0.15) is 65.2 Å². The van der Waals surface area contributed by atoms with Gasteiger partial charge in [0.05, 0.1) is 12.0 Å². The minimum atomic E-state index is 0.203. The van der Waals surface area contributed by atoms with Crippen LogP contribution >= 0.6 is 0 Å². The molecule has 1 heterocycles. The third-order valence-corrected chi connectivity index (χ3v) is 4.69. The van der Waals surface area contributed by atoms with E-state index in [-0.39, 0.29) is 5.92 Å². The molecule has 2 rings (SSSR count). The maximum absolute atomic E-state index is 9.34. The van der Waals surface area contributed by atoms with Gasteiger partial charge in [-0.25, -0.2) is 5.01 Å². The molecule has 1 aliphatic carbocycles. The van der Waals surface area contributed by atoms with Crippen molar-refractivity contribution < 1.29 is 0 Å². The van der Waals surface area contributed by atoms with E-state index >= 15 is 0 Å². The highest BCUT2D eigenvalue weighted by Gasteiger charge is 2.30. The normalized spacial score (nSPS) is 38.9. The van der Waals surface area contributed by atoms with E-state index in [0.717, 1.165) is 12.8 Å². The van der Waals surface area contributed by atoms with Crippen LogP contribution < -0.4 is 5.43 Å². The van der Waals surface area contributed by atoms with Crippen LogP contribution in [0, 0.1) is 17.2 Å². The van der Waals surface area contributed by atoms with Crippen LogP contribution in [0.2, 0.25) is 0 Å². The summed E-state index contributed by atoms with van der Waals surface area (Å²) in [5.74, 6) is 0.203. The number of nitrogens with zero attached hydrogens (tertiary/aromatic N) is 2. The van der Waals surface area contributed by atoms with Gasteiger partial charge in [0.25, 0.3) is 0 Å². The molecule has 1 saturated carbocycles. The van der Waals surface area contributed by atoms with E-state index in [1.54, 1.807) is 0 Å². The summed E-state index contributed by atoms with van der Waals surface area (Å²) >= 11 is 0. The average molecular weight is 249 g/mol. The predicted molar refractivity (Wildman–Crippen MR) is 73.7 cm³/mol. The average Bonchev–Trinajstić information content (AvgIpc) is 2.59. The number of nitriles is 1. The first-order valence-corrected chi connectivity index (χ1v) is 7.66. The minimum absolute atomic E-state index is 0.203. The van der Waals surface area contributed by atoms with Crippen LogP contribution in [0.15, 0.2) is 0 Å². The van der Waals surface area contributed by atoms with Crippen molar-refractivity contribution in [3.8, 4) is 6.07 Å². The smallest absolute Gasteiger partial charge is 0.0672 e. The van der Waals surface area contributed by atoms with Crippen molar-refractivity contribution >= 4 is 0 Å². The minimum Gasteiger partial charge on any atom is -0.250 e. The molecule has 3 heteroatoms. The van der Waals surface area contributed by atoms with Crippen LogP contribution in [0.3, 0.4) is 0 Å². The molecule has 0 aromatic rings. The molecular weight excluding hydrogens is 222 g/mol. The molecule has 0 aromatic carbocycles. The maximum atomic E-state index is 9.34. The molecule has 2 aliphatic rings. The fraction of sp³-hybridized carbons (Fsp3) is 0.933. The standard InChI is InChI=1S/C15H27N3/c1-12-7-6-8-13(2)18(12)17-15-10-5-3-4-9-14(15)11-16/h12-15,17H,3-10H2,1-2H3. The Labute approximate surface area is 112 Å². The summed E-state index contributed by atoms with van der Waals surface area (Å²) in [6.45, 7) is 4.61. The molecule has 18 heavy (non-hydrogen) atoms. The summed E-state index contributed by atoms with van der Waals surface area (Å²) in [5, 5.41) is 11.8. The van der Waals surface area contributed by atoms with Crippen LogP contribution in [0.25, 0.3) is 0 Å². The Kier molecular flexibility index (Phi) is 5.03. The molecule has 102 valence electrons. The molecule has 0 aromatic heterocycles. The second-order valence-corrected chi connectivity index (χ2v) is 6.15. The number of hydrazine groups is 1. The molecule has 2 fully saturated rings. The van der Waals surface area contributed by atoms with E-state index in [4.69, 9.17) is 0 Å². The lowest BCUT2D eigenvalue weighted by Gasteiger charge is -2.42. The van der Waals surface area contributed by atoms with Crippen molar-refractivity contribution in [1.82, 2.24) is 10.4 Å². The lowest BCUT2D eigenvalue weighted by atomic mass is 9.95. The fourth-order valence-corrected chi connectivity index (χ4v) is 3.48. The molecule has 0 spiro atoms. The highest BCUT2D eigenvalue weighted by molar-refractivity contribution is 4.94. The summed E-state index contributed by atoms with van der Waals surface area (Å²) in [4.78, 5) is 0. The van der Waals surface area contributed by atoms with Crippen molar-refractivity contribution in [2.24, 2.45) is 5.92 Å². The van der Waals surface area contributed by atoms with Crippen LogP contribution in [0.4, 0.5) is 0 Å². The van der Waals surface area contributed by atoms with Gasteiger partial charge in [-0.1, -0.05) is 25.7 Å². The van der Waals surface area contributed by atoms with Crippen molar-refractivity contribution in [2.75, 3.05) is 0 Å². The quantitative estimate of drug-likeness (QED) is 0.764. The van der Waals surface area contributed by atoms with E-state index < -0.39 is 0 Å². The molecule has 1 aliphatic heterocycles. The van der Waals surface area contributed by atoms with Crippen LogP contribution in [-0.4, -0.2) is 23.1 Å². The van der Waals surface area contributed by atoms with E-state index in [2.05, 4.69) is 30.4 Å². The molecule has 3 nitrogen and oxygen atoms in total. The maximum Gasteiger partial charge on any atom is 0.0672 e. The molecule has 1 saturated heterocycles. The van der Waals surface area contributed by atoms with Crippen LogP contribution in [-0.2, 0) is 0 Å². The first-order valence-electron chi connectivity index (χ1n) is 7.66. The topological polar surface area (TPSA) is 39.1 Å². The SMILES string of the molecule is CC1CCCC(C)N1NC1CCCCCC1C#N. The number of hydrogen-bond acceptors (Lipinski definition) is 3. The van der Waals surface area contributed by atoms with Crippen molar-refractivity contribution in [3.63, 3.8) is 0 Å². The number of rotatable bonds is 2. The van der Waals surface area contributed by atoms with Crippen molar-refractivity contribution in [1.29, 1.82) is 5.26 Å². The van der Waals surface area contributed by atoms with E-state index in [0.29, 0.717) is 18.1 Å². The van der Waals surface area contributed by atoms with Gasteiger partial charge in [-0.3, -0.25) is 5.43 Å². The number of nitrogens with one attached hydrogen (secondary N) is 1. The zero-order chi connectivity index (χ0) is 13.0. The predicted octanol–water partition coefficient (Wildman–Crippen LogP) is 3.23. The Bertz CT molecular complexity index is 287. The molecular formula is C15H27N3. The van der Waals surface area contributed by atoms with E-state index in [1.165, 1.54) is 38.5 Å². The Morgan fingerprint density at radius 2 is 1.61 bits per heavy atom. The lowest BCUT2D eigenvalue weighted by Crippen LogP contribution is -2.56. The Morgan fingerprint density at radius 3 is 2.28 bits per heavy atom. The third-order valence-electron chi connectivity index (χ3n) is 4.69. The summed E-state index contributed by atoms with van der Waals surface area (Å²) in [6, 6.07) is 4.11. The second-order valence-electron chi connectivity index (χ2n) is 6.15. The molecule has 0 amide bonds. The fourth-order valence-electron chi connectivity index (χ4n) is 3.48. The molecule has 0 bridgehead atoms. The lowest BCUT2D eigenvalue weighted by molar-refractivity contribution is 0.0214. The molecule has 0 radical (unpaired) electrons. The van der Waals surface area contributed by atoms with Gasteiger partial charge in [-0.15, -0.1) is 0 Å². The van der Waals surface area contributed by atoms with Crippen LogP contribution in [0.5, 0.6) is 0 Å². The molecule has 4 unspecified atom stereocenters. The monoisotopic (exact) mass is 249 g/mol. The Morgan fingerprint density at radius 1 is 0.944 bits per heavy atom. The number of hydrogen-bond donors (Lipinski definition) is 1. The summed E-state index contributed by atoms with van der Waals surface area (Å²) in [5.41, 5.74) is 3.71. The summed E-state index contributed by atoms with van der Waals surface area (Å²) in [6.07, 6.45) is 9.92. The van der Waals surface area contributed by atoms with Crippen molar-refractivity contribution in [3.05, 3.63) is 0 Å². The third kappa shape index (κ3) is 3.24. The van der Waals surface area contributed by atoms with Crippen molar-refractivity contribution in [2.45, 2.75) is 83.3 Å². The summed E-state index contributed by atoms with van der Waals surface area (Å²) < 4.78 is 0. The second kappa shape index (κ2) is 6.54. The molecule has 1 N–H and O–H groups in total. The number of piperidine rings is 1.